The Balaban J connectivity index is 2.57. The molecule has 4 heteroatoms. The number of rotatable bonds is 5. The summed E-state index contributed by atoms with van der Waals surface area (Å²) in [5.41, 5.74) is 3.43. The maximum atomic E-state index is 9.94. The SMILES string of the molecule is C\C=C(O)/C(O)=C\C(C)=C\C(c1ccccc1)c1cc(O)c(O)cc1C. The third-order valence-corrected chi connectivity index (χ3v) is 4.19. The van der Waals surface area contributed by atoms with E-state index in [2.05, 4.69) is 0 Å². The summed E-state index contributed by atoms with van der Waals surface area (Å²) in [5, 5.41) is 39.2. The van der Waals surface area contributed by atoms with Crippen LogP contribution in [0.25, 0.3) is 0 Å². The number of aromatic hydroxyl groups is 2. The Bertz CT molecular complexity index is 861. The van der Waals surface area contributed by atoms with Crippen LogP contribution in [0, 0.1) is 6.92 Å². The summed E-state index contributed by atoms with van der Waals surface area (Å²) in [6.45, 7) is 5.32. The summed E-state index contributed by atoms with van der Waals surface area (Å²) in [7, 11) is 0. The van der Waals surface area contributed by atoms with Crippen LogP contribution >= 0.6 is 0 Å². The lowest BCUT2D eigenvalue weighted by molar-refractivity contribution is 0.325. The van der Waals surface area contributed by atoms with Gasteiger partial charge in [0.05, 0.1) is 0 Å². The molecule has 4 N–H and O–H groups in total. The van der Waals surface area contributed by atoms with Gasteiger partial charge in [0.1, 0.15) is 0 Å². The first kappa shape index (κ1) is 19.2. The molecule has 0 saturated carbocycles. The molecule has 0 aromatic heterocycles. The van der Waals surface area contributed by atoms with Gasteiger partial charge in [0.2, 0.25) is 0 Å². The highest BCUT2D eigenvalue weighted by molar-refractivity contribution is 5.51. The Kier molecular flexibility index (Phi) is 6.12. The molecule has 4 nitrogen and oxygen atoms in total. The number of allylic oxidation sites excluding steroid dienone is 4. The first-order chi connectivity index (χ1) is 12.3. The van der Waals surface area contributed by atoms with E-state index in [0.29, 0.717) is 0 Å². The van der Waals surface area contributed by atoms with Gasteiger partial charge in [-0.15, -0.1) is 0 Å². The number of aliphatic hydroxyl groups excluding tert-OH is 2. The predicted octanol–water partition coefficient (Wildman–Crippen LogP) is 5.39. The van der Waals surface area contributed by atoms with Gasteiger partial charge >= 0.3 is 0 Å². The summed E-state index contributed by atoms with van der Waals surface area (Å²) in [6, 6.07) is 12.8. The van der Waals surface area contributed by atoms with Crippen LogP contribution in [0.4, 0.5) is 0 Å². The van der Waals surface area contributed by atoms with Crippen molar-refractivity contribution in [1.29, 1.82) is 0 Å². The van der Waals surface area contributed by atoms with Crippen molar-refractivity contribution in [3.05, 3.63) is 94.5 Å². The summed E-state index contributed by atoms with van der Waals surface area (Å²) < 4.78 is 0. The molecule has 0 radical (unpaired) electrons. The monoisotopic (exact) mass is 352 g/mol. The topological polar surface area (TPSA) is 80.9 Å². The lowest BCUT2D eigenvalue weighted by atomic mass is 9.86. The predicted molar refractivity (Wildman–Crippen MR) is 104 cm³/mol. The maximum Gasteiger partial charge on any atom is 0.157 e. The van der Waals surface area contributed by atoms with Gasteiger partial charge in [0, 0.05) is 5.92 Å². The lowest BCUT2D eigenvalue weighted by Gasteiger charge is -2.18. The Labute approximate surface area is 153 Å². The number of benzene rings is 2. The molecule has 26 heavy (non-hydrogen) atoms. The zero-order chi connectivity index (χ0) is 19.3. The Morgan fingerprint density at radius 3 is 2.19 bits per heavy atom. The molecule has 0 spiro atoms. The van der Waals surface area contributed by atoms with Crippen LogP contribution in [-0.4, -0.2) is 20.4 Å². The molecule has 2 aromatic carbocycles. The van der Waals surface area contributed by atoms with E-state index < -0.39 is 0 Å². The molecule has 2 rings (SSSR count). The van der Waals surface area contributed by atoms with Gasteiger partial charge in [-0.3, -0.25) is 0 Å². The lowest BCUT2D eigenvalue weighted by Crippen LogP contribution is -2.01. The van der Waals surface area contributed by atoms with Gasteiger partial charge in [-0.2, -0.15) is 0 Å². The minimum absolute atomic E-state index is 0.158. The molecular weight excluding hydrogens is 328 g/mol. The standard InChI is InChI=1S/C22H24O4/c1-4-19(23)20(24)11-14(2)10-18(16-8-6-5-7-9-16)17-13-22(26)21(25)12-15(17)3/h4-13,18,23-26H,1-3H3/b14-10+,19-4+,20-11+. The molecule has 0 bridgehead atoms. The van der Waals surface area contributed by atoms with Gasteiger partial charge in [-0.05, 0) is 61.7 Å². The van der Waals surface area contributed by atoms with Crippen molar-refractivity contribution in [3.8, 4) is 11.5 Å². The second-order valence-corrected chi connectivity index (χ2v) is 6.20. The summed E-state index contributed by atoms with van der Waals surface area (Å²) in [5.74, 6) is -0.929. The molecule has 0 saturated heterocycles. The van der Waals surface area contributed by atoms with E-state index in [1.54, 1.807) is 13.0 Å². The Hall–Kier alpha value is -3.14. The van der Waals surface area contributed by atoms with Gasteiger partial charge in [0.25, 0.3) is 0 Å². The first-order valence-corrected chi connectivity index (χ1v) is 8.35. The number of hydrogen-bond acceptors (Lipinski definition) is 4. The van der Waals surface area contributed by atoms with E-state index in [1.165, 1.54) is 18.2 Å². The van der Waals surface area contributed by atoms with E-state index in [1.807, 2.05) is 50.3 Å². The van der Waals surface area contributed by atoms with E-state index in [4.69, 9.17) is 0 Å². The zero-order valence-corrected chi connectivity index (χ0v) is 15.1. The van der Waals surface area contributed by atoms with Crippen LogP contribution in [0.15, 0.2) is 77.8 Å². The normalized spacial score (nSPS) is 14.3. The quantitative estimate of drug-likeness (QED) is 0.330. The average molecular weight is 352 g/mol. The van der Waals surface area contributed by atoms with Crippen molar-refractivity contribution in [1.82, 2.24) is 0 Å². The molecule has 0 aliphatic carbocycles. The molecule has 0 heterocycles. The number of hydrogen-bond donors (Lipinski definition) is 4. The molecule has 1 atom stereocenters. The molecule has 2 aromatic rings. The van der Waals surface area contributed by atoms with Crippen molar-refractivity contribution in [2.45, 2.75) is 26.7 Å². The maximum absolute atomic E-state index is 9.94. The van der Waals surface area contributed by atoms with E-state index in [9.17, 15) is 20.4 Å². The summed E-state index contributed by atoms with van der Waals surface area (Å²) >= 11 is 0. The van der Waals surface area contributed by atoms with Gasteiger partial charge in [-0.25, -0.2) is 0 Å². The van der Waals surface area contributed by atoms with Crippen LogP contribution in [-0.2, 0) is 0 Å². The number of aliphatic hydroxyl groups is 2. The molecular formula is C22H24O4. The van der Waals surface area contributed by atoms with E-state index in [-0.39, 0.29) is 28.9 Å². The molecule has 0 fully saturated rings. The minimum atomic E-state index is -0.210. The third kappa shape index (κ3) is 4.48. The van der Waals surface area contributed by atoms with Crippen LogP contribution in [0.5, 0.6) is 11.5 Å². The fourth-order valence-corrected chi connectivity index (χ4v) is 2.81. The largest absolute Gasteiger partial charge is 0.504 e. The summed E-state index contributed by atoms with van der Waals surface area (Å²) in [6.07, 6.45) is 4.84. The van der Waals surface area contributed by atoms with Crippen molar-refractivity contribution >= 4 is 0 Å². The van der Waals surface area contributed by atoms with Crippen LogP contribution in [0.1, 0.15) is 36.5 Å². The fraction of sp³-hybridized carbons (Fsp3) is 0.182. The van der Waals surface area contributed by atoms with E-state index in [0.717, 1.165) is 22.3 Å². The number of phenols is 2. The van der Waals surface area contributed by atoms with Gasteiger partial charge in [0.15, 0.2) is 23.0 Å². The zero-order valence-electron chi connectivity index (χ0n) is 15.1. The third-order valence-electron chi connectivity index (χ3n) is 4.19. The highest BCUT2D eigenvalue weighted by Gasteiger charge is 2.17. The molecule has 0 aliphatic heterocycles. The number of aryl methyl sites for hydroxylation is 1. The van der Waals surface area contributed by atoms with Crippen LogP contribution in [0.2, 0.25) is 0 Å². The van der Waals surface area contributed by atoms with Crippen LogP contribution < -0.4 is 0 Å². The number of phenolic OH excluding ortho intramolecular Hbond substituents is 2. The van der Waals surface area contributed by atoms with E-state index >= 15 is 0 Å². The Morgan fingerprint density at radius 1 is 0.962 bits per heavy atom. The summed E-state index contributed by atoms with van der Waals surface area (Å²) in [4.78, 5) is 0. The van der Waals surface area contributed by atoms with Crippen LogP contribution in [0.3, 0.4) is 0 Å². The van der Waals surface area contributed by atoms with Crippen molar-refractivity contribution in [2.24, 2.45) is 0 Å². The Morgan fingerprint density at radius 2 is 1.58 bits per heavy atom. The second kappa shape index (κ2) is 8.30. The van der Waals surface area contributed by atoms with Gasteiger partial charge in [-0.1, -0.05) is 42.0 Å². The highest BCUT2D eigenvalue weighted by atomic mass is 16.3. The average Bonchev–Trinajstić information content (AvgIpc) is 2.63. The van der Waals surface area contributed by atoms with Gasteiger partial charge < -0.3 is 20.4 Å². The molecule has 0 amide bonds. The fourth-order valence-electron chi connectivity index (χ4n) is 2.81. The molecule has 1 unspecified atom stereocenters. The molecule has 0 aliphatic rings. The minimum Gasteiger partial charge on any atom is -0.504 e. The smallest absolute Gasteiger partial charge is 0.157 e. The highest BCUT2D eigenvalue weighted by Crippen LogP contribution is 2.36. The first-order valence-electron chi connectivity index (χ1n) is 8.35. The van der Waals surface area contributed by atoms with Crippen molar-refractivity contribution < 1.29 is 20.4 Å². The van der Waals surface area contributed by atoms with Crippen molar-refractivity contribution in [2.75, 3.05) is 0 Å². The second-order valence-electron chi connectivity index (χ2n) is 6.20. The van der Waals surface area contributed by atoms with Crippen molar-refractivity contribution in [3.63, 3.8) is 0 Å². The molecule has 136 valence electrons.